The molecule has 2 aromatic rings. The lowest BCUT2D eigenvalue weighted by atomic mass is 10.0. The van der Waals surface area contributed by atoms with E-state index < -0.39 is 5.41 Å². The molecule has 2 aromatic carbocycles. The number of hydrogen-bond donors (Lipinski definition) is 1. The van der Waals surface area contributed by atoms with E-state index in [0.717, 1.165) is 16.6 Å². The van der Waals surface area contributed by atoms with E-state index in [1.54, 1.807) is 4.90 Å². The Morgan fingerprint density at radius 2 is 1.88 bits per heavy atom. The third-order valence-electron chi connectivity index (χ3n) is 4.81. The summed E-state index contributed by atoms with van der Waals surface area (Å²) in [5.41, 5.74) is 1.92. The molecule has 1 fully saturated rings. The molecule has 122 valence electrons. The van der Waals surface area contributed by atoms with Crippen LogP contribution in [-0.4, -0.2) is 18.4 Å². The Hall–Kier alpha value is -2.14. The molecule has 1 saturated carbocycles. The summed E-state index contributed by atoms with van der Waals surface area (Å²) in [7, 11) is 0. The first-order chi connectivity index (χ1) is 11.6. The summed E-state index contributed by atoms with van der Waals surface area (Å²) in [6, 6.07) is 15.3. The highest BCUT2D eigenvalue weighted by molar-refractivity contribution is 9.10. The molecule has 24 heavy (non-hydrogen) atoms. The van der Waals surface area contributed by atoms with Gasteiger partial charge in [0.2, 0.25) is 11.8 Å². The van der Waals surface area contributed by atoms with Gasteiger partial charge in [-0.25, -0.2) is 0 Å². The lowest BCUT2D eigenvalue weighted by Crippen LogP contribution is -2.42. The second-order valence-corrected chi connectivity index (χ2v) is 7.30. The number of para-hydroxylation sites is 1. The van der Waals surface area contributed by atoms with Crippen molar-refractivity contribution in [1.82, 2.24) is 0 Å². The van der Waals surface area contributed by atoms with Crippen molar-refractivity contribution in [3.8, 4) is 0 Å². The maximum Gasteiger partial charge on any atom is 0.242 e. The predicted octanol–water partition coefficient (Wildman–Crippen LogP) is 3.76. The van der Waals surface area contributed by atoms with Gasteiger partial charge in [-0.05, 0) is 49.1 Å². The smallest absolute Gasteiger partial charge is 0.242 e. The molecule has 5 heteroatoms. The van der Waals surface area contributed by atoms with Crippen LogP contribution in [0.25, 0.3) is 0 Å². The monoisotopic (exact) mass is 384 g/mol. The average molecular weight is 385 g/mol. The summed E-state index contributed by atoms with van der Waals surface area (Å²) in [5, 5.41) is 2.90. The topological polar surface area (TPSA) is 49.4 Å². The third kappa shape index (κ3) is 2.53. The van der Waals surface area contributed by atoms with E-state index in [1.807, 2.05) is 48.5 Å². The van der Waals surface area contributed by atoms with Crippen molar-refractivity contribution in [2.24, 2.45) is 5.41 Å². The molecule has 2 amide bonds. The normalized spacial score (nSPS) is 17.3. The zero-order valence-corrected chi connectivity index (χ0v) is 14.7. The van der Waals surface area contributed by atoms with E-state index in [9.17, 15) is 9.59 Å². The van der Waals surface area contributed by atoms with Crippen molar-refractivity contribution in [2.75, 3.05) is 16.8 Å². The number of carbonyl (C=O) groups is 2. The van der Waals surface area contributed by atoms with Gasteiger partial charge in [0.15, 0.2) is 0 Å². The molecular weight excluding hydrogens is 368 g/mol. The second-order valence-electron chi connectivity index (χ2n) is 6.38. The number of fused-ring (bicyclic) bond motifs is 1. The number of anilines is 2. The van der Waals surface area contributed by atoms with Crippen molar-refractivity contribution < 1.29 is 9.59 Å². The lowest BCUT2D eigenvalue weighted by molar-refractivity contribution is -0.132. The Bertz CT molecular complexity index is 830. The van der Waals surface area contributed by atoms with Crippen LogP contribution in [0.5, 0.6) is 0 Å². The van der Waals surface area contributed by atoms with Crippen LogP contribution in [0.15, 0.2) is 53.0 Å². The quantitative estimate of drug-likeness (QED) is 0.819. The number of benzene rings is 2. The number of rotatable bonds is 3. The molecule has 4 nitrogen and oxygen atoms in total. The average Bonchev–Trinajstić information content (AvgIpc) is 3.28. The molecule has 0 unspecified atom stereocenters. The highest BCUT2D eigenvalue weighted by atomic mass is 79.9. The molecule has 0 saturated heterocycles. The zero-order chi connectivity index (χ0) is 16.7. The fourth-order valence-corrected chi connectivity index (χ4v) is 3.69. The van der Waals surface area contributed by atoms with Crippen LogP contribution in [0.1, 0.15) is 18.4 Å². The van der Waals surface area contributed by atoms with Crippen molar-refractivity contribution in [3.63, 3.8) is 0 Å². The summed E-state index contributed by atoms with van der Waals surface area (Å²) < 4.78 is 0.893. The largest absolute Gasteiger partial charge is 0.325 e. The standard InChI is InChI=1S/C19H17BrN2O2/c20-14-5-3-6-15(12-14)21-17(23)19(9-10-19)18(24)22-11-8-13-4-1-2-7-16(13)22/h1-7,12H,8-11H2,(H,21,23). The van der Waals surface area contributed by atoms with Crippen LogP contribution >= 0.6 is 15.9 Å². The minimum Gasteiger partial charge on any atom is -0.325 e. The van der Waals surface area contributed by atoms with E-state index in [2.05, 4.69) is 21.2 Å². The van der Waals surface area contributed by atoms with E-state index >= 15 is 0 Å². The van der Waals surface area contributed by atoms with Gasteiger partial charge in [0.25, 0.3) is 0 Å². The fourth-order valence-electron chi connectivity index (χ4n) is 3.29. The molecule has 1 N–H and O–H groups in total. The van der Waals surface area contributed by atoms with Gasteiger partial charge in [0.05, 0.1) is 0 Å². The second kappa shape index (κ2) is 5.74. The van der Waals surface area contributed by atoms with Crippen LogP contribution in [-0.2, 0) is 16.0 Å². The first-order valence-corrected chi connectivity index (χ1v) is 8.86. The number of nitrogens with one attached hydrogen (secondary N) is 1. The van der Waals surface area contributed by atoms with Crippen molar-refractivity contribution in [1.29, 1.82) is 0 Å². The summed E-state index contributed by atoms with van der Waals surface area (Å²) in [6.07, 6.45) is 2.08. The van der Waals surface area contributed by atoms with Crippen molar-refractivity contribution in [2.45, 2.75) is 19.3 Å². The molecule has 0 spiro atoms. The summed E-state index contributed by atoms with van der Waals surface area (Å²) >= 11 is 3.39. The first-order valence-electron chi connectivity index (χ1n) is 8.07. The Morgan fingerprint density at radius 3 is 2.62 bits per heavy atom. The van der Waals surface area contributed by atoms with Crippen LogP contribution in [0.3, 0.4) is 0 Å². The van der Waals surface area contributed by atoms with Gasteiger partial charge in [0, 0.05) is 22.4 Å². The van der Waals surface area contributed by atoms with E-state index in [1.165, 1.54) is 5.56 Å². The van der Waals surface area contributed by atoms with Gasteiger partial charge in [-0.1, -0.05) is 40.2 Å². The Balaban J connectivity index is 1.55. The van der Waals surface area contributed by atoms with Crippen LogP contribution < -0.4 is 10.2 Å². The highest BCUT2D eigenvalue weighted by Crippen LogP contribution is 2.49. The molecule has 0 atom stereocenters. The molecule has 2 aliphatic rings. The van der Waals surface area contributed by atoms with Crippen LogP contribution in [0, 0.1) is 5.41 Å². The SMILES string of the molecule is O=C(Nc1cccc(Br)c1)C1(C(=O)N2CCc3ccccc32)CC1. The maximum atomic E-state index is 13.0. The van der Waals surface area contributed by atoms with Gasteiger partial charge < -0.3 is 10.2 Å². The number of amides is 2. The van der Waals surface area contributed by atoms with E-state index in [4.69, 9.17) is 0 Å². The van der Waals surface area contributed by atoms with Gasteiger partial charge in [-0.15, -0.1) is 0 Å². The van der Waals surface area contributed by atoms with Gasteiger partial charge in [-0.2, -0.15) is 0 Å². The molecule has 4 rings (SSSR count). The van der Waals surface area contributed by atoms with Gasteiger partial charge in [0.1, 0.15) is 5.41 Å². The number of halogens is 1. The molecule has 1 heterocycles. The molecule has 0 aromatic heterocycles. The number of carbonyl (C=O) groups excluding carboxylic acids is 2. The van der Waals surface area contributed by atoms with Gasteiger partial charge >= 0.3 is 0 Å². The maximum absolute atomic E-state index is 13.0. The van der Waals surface area contributed by atoms with E-state index in [-0.39, 0.29) is 11.8 Å². The van der Waals surface area contributed by atoms with E-state index in [0.29, 0.717) is 25.1 Å². The molecule has 1 aliphatic carbocycles. The van der Waals surface area contributed by atoms with Crippen molar-refractivity contribution >= 4 is 39.1 Å². The number of nitrogens with zero attached hydrogens (tertiary/aromatic N) is 1. The van der Waals surface area contributed by atoms with Crippen LogP contribution in [0.4, 0.5) is 11.4 Å². The minimum atomic E-state index is -0.903. The summed E-state index contributed by atoms with van der Waals surface area (Å²) in [4.78, 5) is 27.6. The highest BCUT2D eigenvalue weighted by Gasteiger charge is 2.58. The van der Waals surface area contributed by atoms with Crippen LogP contribution in [0.2, 0.25) is 0 Å². The molecule has 0 radical (unpaired) electrons. The third-order valence-corrected chi connectivity index (χ3v) is 5.30. The fraction of sp³-hybridized carbons (Fsp3) is 0.263. The molecule has 1 aliphatic heterocycles. The summed E-state index contributed by atoms with van der Waals surface area (Å²) in [6.45, 7) is 0.657. The zero-order valence-electron chi connectivity index (χ0n) is 13.1. The van der Waals surface area contributed by atoms with Gasteiger partial charge in [-0.3, -0.25) is 9.59 Å². The first kappa shape index (κ1) is 15.4. The Morgan fingerprint density at radius 1 is 1.08 bits per heavy atom. The predicted molar refractivity (Wildman–Crippen MR) is 96.9 cm³/mol. The Labute approximate surface area is 149 Å². The molecular formula is C19H17BrN2O2. The summed E-state index contributed by atoms with van der Waals surface area (Å²) in [5.74, 6) is -0.269. The minimum absolute atomic E-state index is 0.0695. The number of hydrogen-bond acceptors (Lipinski definition) is 2. The Kier molecular flexibility index (Phi) is 3.68. The lowest BCUT2D eigenvalue weighted by Gasteiger charge is -2.23. The van der Waals surface area contributed by atoms with Crippen molar-refractivity contribution in [3.05, 3.63) is 58.6 Å². The molecule has 0 bridgehead atoms.